The largest absolute Gasteiger partial charge is 0.468 e. The lowest BCUT2D eigenvalue weighted by atomic mass is 10.1. The van der Waals surface area contributed by atoms with E-state index in [1.807, 2.05) is 0 Å². The number of rotatable bonds is 5. The molecule has 1 unspecified atom stereocenters. The molecule has 0 saturated carbocycles. The molecule has 0 fully saturated rings. The Balaban J connectivity index is 3.08. The Morgan fingerprint density at radius 3 is 2.37 bits per heavy atom. The molecule has 0 bridgehead atoms. The monoisotopic (exact) mass is 305 g/mol. The van der Waals surface area contributed by atoms with Gasteiger partial charge in [0.25, 0.3) is 0 Å². The molecule has 1 rings (SSSR count). The summed E-state index contributed by atoms with van der Waals surface area (Å²) in [6.45, 7) is 3.44. The average Bonchev–Trinajstić information content (AvgIpc) is 2.35. The molecule has 0 radical (unpaired) electrons. The Labute approximate surface area is 118 Å². The van der Waals surface area contributed by atoms with Crippen LogP contribution in [0.1, 0.15) is 13.8 Å². The molecule has 0 spiro atoms. The third-order valence-electron chi connectivity index (χ3n) is 2.53. The van der Waals surface area contributed by atoms with E-state index in [-0.39, 0.29) is 15.8 Å². The van der Waals surface area contributed by atoms with Crippen LogP contribution in [0.3, 0.4) is 0 Å². The lowest BCUT2D eigenvalue weighted by molar-refractivity contribution is -0.143. The summed E-state index contributed by atoms with van der Waals surface area (Å²) < 4.78 is 31.3. The summed E-state index contributed by atoms with van der Waals surface area (Å²) >= 11 is 5.85. The maximum absolute atomic E-state index is 12.2. The normalized spacial score (nSPS) is 13.3. The van der Waals surface area contributed by atoms with Gasteiger partial charge in [-0.1, -0.05) is 37.6 Å². The van der Waals surface area contributed by atoms with Gasteiger partial charge in [0.05, 0.1) is 12.1 Å². The second kappa shape index (κ2) is 6.36. The summed E-state index contributed by atoms with van der Waals surface area (Å²) in [7, 11) is -2.66. The molecule has 1 aromatic rings. The van der Waals surface area contributed by atoms with E-state index < -0.39 is 22.0 Å². The number of halogens is 1. The molecule has 7 heteroatoms. The van der Waals surface area contributed by atoms with Crippen LogP contribution in [0.2, 0.25) is 5.02 Å². The second-order valence-electron chi connectivity index (χ2n) is 4.30. The predicted octanol–water partition coefficient (Wildman–Crippen LogP) is 1.82. The number of esters is 1. The standard InChI is InChI=1S/C12H16ClNO4S/c1-8(2)11(12(15)18-3)14-19(16,17)10-7-5-4-6-9(10)13/h4-8,11,14H,1-3H3. The lowest BCUT2D eigenvalue weighted by Crippen LogP contribution is -2.44. The smallest absolute Gasteiger partial charge is 0.324 e. The van der Waals surface area contributed by atoms with Gasteiger partial charge >= 0.3 is 5.97 Å². The van der Waals surface area contributed by atoms with Crippen molar-refractivity contribution in [2.75, 3.05) is 7.11 Å². The van der Waals surface area contributed by atoms with Gasteiger partial charge in [0, 0.05) is 0 Å². The van der Waals surface area contributed by atoms with Crippen molar-refractivity contribution in [3.8, 4) is 0 Å². The topological polar surface area (TPSA) is 72.5 Å². The molecule has 0 amide bonds. The fourth-order valence-electron chi connectivity index (χ4n) is 1.48. The summed E-state index contributed by atoms with van der Waals surface area (Å²) in [4.78, 5) is 11.5. The van der Waals surface area contributed by atoms with Gasteiger partial charge in [-0.3, -0.25) is 4.79 Å². The number of carbonyl (C=O) groups is 1. The van der Waals surface area contributed by atoms with Crippen molar-refractivity contribution >= 4 is 27.6 Å². The first-order valence-electron chi connectivity index (χ1n) is 5.64. The maximum atomic E-state index is 12.2. The lowest BCUT2D eigenvalue weighted by Gasteiger charge is -2.20. The molecule has 106 valence electrons. The molecule has 0 aromatic heterocycles. The number of methoxy groups -OCH3 is 1. The van der Waals surface area contributed by atoms with Crippen molar-refractivity contribution in [3.05, 3.63) is 29.3 Å². The highest BCUT2D eigenvalue weighted by Gasteiger charge is 2.29. The van der Waals surface area contributed by atoms with Crippen LogP contribution in [0.15, 0.2) is 29.2 Å². The predicted molar refractivity (Wildman–Crippen MR) is 72.4 cm³/mol. The highest BCUT2D eigenvalue weighted by atomic mass is 35.5. The Hall–Kier alpha value is -1.11. The van der Waals surface area contributed by atoms with Gasteiger partial charge < -0.3 is 4.74 Å². The molecule has 0 heterocycles. The molecule has 5 nitrogen and oxygen atoms in total. The van der Waals surface area contributed by atoms with Gasteiger partial charge in [-0.05, 0) is 18.1 Å². The number of hydrogen-bond donors (Lipinski definition) is 1. The molecule has 0 aliphatic carbocycles. The Morgan fingerprint density at radius 1 is 1.32 bits per heavy atom. The van der Waals surface area contributed by atoms with E-state index in [4.69, 9.17) is 11.6 Å². The van der Waals surface area contributed by atoms with E-state index in [1.54, 1.807) is 26.0 Å². The first-order chi connectivity index (χ1) is 8.79. The minimum absolute atomic E-state index is 0.0637. The van der Waals surface area contributed by atoms with Crippen LogP contribution in [0.5, 0.6) is 0 Å². The molecule has 1 aromatic carbocycles. The van der Waals surface area contributed by atoms with Crippen LogP contribution in [0, 0.1) is 5.92 Å². The number of benzene rings is 1. The number of sulfonamides is 1. The SMILES string of the molecule is COC(=O)C(NS(=O)(=O)c1ccccc1Cl)C(C)C. The van der Waals surface area contributed by atoms with Crippen molar-refractivity contribution in [1.82, 2.24) is 4.72 Å². The van der Waals surface area contributed by atoms with Crippen molar-refractivity contribution in [2.24, 2.45) is 5.92 Å². The minimum atomic E-state index is -3.87. The molecule has 1 N–H and O–H groups in total. The van der Waals surface area contributed by atoms with Crippen LogP contribution < -0.4 is 4.72 Å². The average molecular weight is 306 g/mol. The van der Waals surface area contributed by atoms with Gasteiger partial charge in [0.15, 0.2) is 0 Å². The van der Waals surface area contributed by atoms with E-state index in [9.17, 15) is 13.2 Å². The molecular formula is C12H16ClNO4S. The summed E-state index contributed by atoms with van der Waals surface area (Å²) in [5.74, 6) is -0.879. The third-order valence-corrected chi connectivity index (χ3v) is 4.47. The Bertz CT molecular complexity index is 557. The molecule has 19 heavy (non-hydrogen) atoms. The summed E-state index contributed by atoms with van der Waals surface area (Å²) in [6.07, 6.45) is 0. The zero-order chi connectivity index (χ0) is 14.6. The van der Waals surface area contributed by atoms with Crippen molar-refractivity contribution in [2.45, 2.75) is 24.8 Å². The molecule has 0 aliphatic heterocycles. The van der Waals surface area contributed by atoms with Crippen LogP contribution in [-0.4, -0.2) is 27.5 Å². The van der Waals surface area contributed by atoms with E-state index in [0.29, 0.717) is 0 Å². The van der Waals surface area contributed by atoms with Gasteiger partial charge in [0.2, 0.25) is 10.0 Å². The van der Waals surface area contributed by atoms with Gasteiger partial charge in [-0.25, -0.2) is 8.42 Å². The molecule has 0 aliphatic rings. The second-order valence-corrected chi connectivity index (χ2v) is 6.39. The van der Waals surface area contributed by atoms with E-state index >= 15 is 0 Å². The van der Waals surface area contributed by atoms with Gasteiger partial charge in [-0.2, -0.15) is 4.72 Å². The molecular weight excluding hydrogens is 290 g/mol. The molecule has 0 saturated heterocycles. The number of nitrogens with one attached hydrogen (secondary N) is 1. The summed E-state index contributed by atoms with van der Waals surface area (Å²) in [5, 5.41) is 0.0994. The zero-order valence-corrected chi connectivity index (χ0v) is 12.5. The van der Waals surface area contributed by atoms with Gasteiger partial charge in [-0.15, -0.1) is 0 Å². The van der Waals surface area contributed by atoms with Crippen LogP contribution in [0.25, 0.3) is 0 Å². The summed E-state index contributed by atoms with van der Waals surface area (Å²) in [5.41, 5.74) is 0. The van der Waals surface area contributed by atoms with Crippen molar-refractivity contribution in [3.63, 3.8) is 0 Å². The zero-order valence-electron chi connectivity index (χ0n) is 10.9. The van der Waals surface area contributed by atoms with Crippen LogP contribution >= 0.6 is 11.6 Å². The van der Waals surface area contributed by atoms with E-state index in [0.717, 1.165) is 0 Å². The minimum Gasteiger partial charge on any atom is -0.468 e. The van der Waals surface area contributed by atoms with Crippen molar-refractivity contribution in [1.29, 1.82) is 0 Å². The van der Waals surface area contributed by atoms with Gasteiger partial charge in [0.1, 0.15) is 10.9 Å². The highest BCUT2D eigenvalue weighted by Crippen LogP contribution is 2.21. The van der Waals surface area contributed by atoms with Crippen LogP contribution in [-0.2, 0) is 19.6 Å². The van der Waals surface area contributed by atoms with E-state index in [1.165, 1.54) is 19.2 Å². The fourth-order valence-corrected chi connectivity index (χ4v) is 3.33. The van der Waals surface area contributed by atoms with E-state index in [2.05, 4.69) is 9.46 Å². The number of ether oxygens (including phenoxy) is 1. The Morgan fingerprint density at radius 2 is 1.89 bits per heavy atom. The first-order valence-corrected chi connectivity index (χ1v) is 7.50. The van der Waals surface area contributed by atoms with Crippen LogP contribution in [0.4, 0.5) is 0 Å². The maximum Gasteiger partial charge on any atom is 0.324 e. The Kier molecular flexibility index (Phi) is 5.34. The number of carbonyl (C=O) groups excluding carboxylic acids is 1. The highest BCUT2D eigenvalue weighted by molar-refractivity contribution is 7.89. The first kappa shape index (κ1) is 15.9. The third kappa shape index (κ3) is 3.92. The quantitative estimate of drug-likeness (QED) is 0.842. The van der Waals surface area contributed by atoms with Crippen molar-refractivity contribution < 1.29 is 17.9 Å². The fraction of sp³-hybridized carbons (Fsp3) is 0.417. The summed E-state index contributed by atoms with van der Waals surface area (Å²) in [6, 6.07) is 5.08. The molecule has 1 atom stereocenters. The number of hydrogen-bond acceptors (Lipinski definition) is 4.